The van der Waals surface area contributed by atoms with Gasteiger partial charge in [0.1, 0.15) is 12.4 Å². The van der Waals surface area contributed by atoms with Gasteiger partial charge < -0.3 is 9.47 Å². The fourth-order valence-corrected chi connectivity index (χ4v) is 3.54. The van der Waals surface area contributed by atoms with Crippen molar-refractivity contribution in [3.05, 3.63) is 40.9 Å². The number of nitrogens with one attached hydrogen (secondary N) is 1. The Hall–Kier alpha value is -1.92. The van der Waals surface area contributed by atoms with E-state index in [4.69, 9.17) is 9.47 Å². The van der Waals surface area contributed by atoms with Gasteiger partial charge in [-0.3, -0.25) is 10.1 Å². The second-order valence-electron chi connectivity index (χ2n) is 5.78. The quantitative estimate of drug-likeness (QED) is 0.826. The molecule has 5 nitrogen and oxygen atoms in total. The lowest BCUT2D eigenvalue weighted by atomic mass is 10.2. The number of benzene rings is 1. The molecule has 1 aromatic carbocycles. The van der Waals surface area contributed by atoms with E-state index in [-0.39, 0.29) is 12.0 Å². The van der Waals surface area contributed by atoms with Crippen molar-refractivity contribution in [3.8, 4) is 5.75 Å². The lowest BCUT2D eigenvalue weighted by Crippen LogP contribution is -2.19. The number of hydrogen-bond acceptors (Lipinski definition) is 5. The monoisotopic (exact) mass is 346 g/mol. The van der Waals surface area contributed by atoms with Crippen LogP contribution in [-0.2, 0) is 11.2 Å². The number of thiazole rings is 1. The second kappa shape index (κ2) is 8.26. The largest absolute Gasteiger partial charge is 0.490 e. The first-order valence-corrected chi connectivity index (χ1v) is 9.17. The summed E-state index contributed by atoms with van der Waals surface area (Å²) in [5, 5.41) is 3.49. The molecular formula is C18H22N2O3S. The molecular weight excluding hydrogens is 324 g/mol. The van der Waals surface area contributed by atoms with Crippen molar-refractivity contribution in [2.75, 3.05) is 18.5 Å². The number of nitrogens with zero attached hydrogens (tertiary/aromatic N) is 1. The fraction of sp³-hybridized carbons (Fsp3) is 0.444. The molecule has 1 aromatic heterocycles. The molecule has 24 heavy (non-hydrogen) atoms. The van der Waals surface area contributed by atoms with E-state index in [0.29, 0.717) is 23.1 Å². The topological polar surface area (TPSA) is 60.5 Å². The maximum Gasteiger partial charge on any atom is 0.261 e. The third-order valence-electron chi connectivity index (χ3n) is 3.85. The Morgan fingerprint density at radius 2 is 2.33 bits per heavy atom. The van der Waals surface area contributed by atoms with Crippen LogP contribution in [0.2, 0.25) is 0 Å². The highest BCUT2D eigenvalue weighted by molar-refractivity contribution is 7.15. The number of rotatable bonds is 7. The first kappa shape index (κ1) is 16.9. The van der Waals surface area contributed by atoms with E-state index >= 15 is 0 Å². The number of aromatic nitrogens is 1. The Morgan fingerprint density at radius 1 is 1.46 bits per heavy atom. The van der Waals surface area contributed by atoms with Gasteiger partial charge in [-0.2, -0.15) is 0 Å². The molecule has 1 unspecified atom stereocenters. The number of anilines is 1. The van der Waals surface area contributed by atoms with Gasteiger partial charge in [0.2, 0.25) is 0 Å². The van der Waals surface area contributed by atoms with E-state index in [0.717, 1.165) is 32.3 Å². The number of para-hydroxylation sites is 1. The first-order valence-electron chi connectivity index (χ1n) is 8.35. The summed E-state index contributed by atoms with van der Waals surface area (Å²) in [4.78, 5) is 18.0. The SMILES string of the molecule is CCCc1cnc(NC(=O)c2ccccc2OCC2CCCO2)s1. The molecule has 0 saturated carbocycles. The molecule has 0 aliphatic carbocycles. The molecule has 0 spiro atoms. The number of carbonyl (C=O) groups is 1. The Kier molecular flexibility index (Phi) is 5.82. The van der Waals surface area contributed by atoms with Gasteiger partial charge in [0.05, 0.1) is 11.7 Å². The molecule has 3 rings (SSSR count). The Labute approximate surface area is 146 Å². The fourth-order valence-electron chi connectivity index (χ4n) is 2.63. The molecule has 1 N–H and O–H groups in total. The molecule has 128 valence electrons. The molecule has 2 heterocycles. The van der Waals surface area contributed by atoms with E-state index in [9.17, 15) is 4.79 Å². The summed E-state index contributed by atoms with van der Waals surface area (Å²) >= 11 is 1.52. The summed E-state index contributed by atoms with van der Waals surface area (Å²) in [5.41, 5.74) is 0.516. The van der Waals surface area contributed by atoms with E-state index in [1.807, 2.05) is 24.4 Å². The molecule has 0 bridgehead atoms. The maximum absolute atomic E-state index is 12.5. The summed E-state index contributed by atoms with van der Waals surface area (Å²) in [5.74, 6) is 0.381. The van der Waals surface area contributed by atoms with E-state index in [1.54, 1.807) is 6.07 Å². The zero-order valence-corrected chi connectivity index (χ0v) is 14.6. The average Bonchev–Trinajstić information content (AvgIpc) is 3.25. The Balaban J connectivity index is 1.64. The highest BCUT2D eigenvalue weighted by atomic mass is 32.1. The summed E-state index contributed by atoms with van der Waals surface area (Å²) in [6.07, 6.45) is 6.07. The van der Waals surface area contributed by atoms with E-state index < -0.39 is 0 Å². The van der Waals surface area contributed by atoms with Gasteiger partial charge in [-0.05, 0) is 31.4 Å². The predicted molar refractivity (Wildman–Crippen MR) is 95.0 cm³/mol. The molecule has 1 aliphatic heterocycles. The second-order valence-corrected chi connectivity index (χ2v) is 6.89. The number of ether oxygens (including phenoxy) is 2. The standard InChI is InChI=1S/C18H22N2O3S/c1-2-6-14-11-19-18(24-14)20-17(21)15-8-3-4-9-16(15)23-12-13-7-5-10-22-13/h3-4,8-9,11,13H,2,5-7,10,12H2,1H3,(H,19,20,21). The summed E-state index contributed by atoms with van der Waals surface area (Å²) in [6, 6.07) is 7.28. The van der Waals surface area contributed by atoms with Gasteiger partial charge in [-0.15, -0.1) is 11.3 Å². The number of carbonyl (C=O) groups excluding carboxylic acids is 1. The van der Waals surface area contributed by atoms with Crippen LogP contribution in [0.1, 0.15) is 41.4 Å². The van der Waals surface area contributed by atoms with Crippen molar-refractivity contribution in [1.82, 2.24) is 4.98 Å². The van der Waals surface area contributed by atoms with Gasteiger partial charge in [-0.25, -0.2) is 4.98 Å². The van der Waals surface area contributed by atoms with Gasteiger partial charge in [0.25, 0.3) is 5.91 Å². The van der Waals surface area contributed by atoms with Crippen LogP contribution in [0.3, 0.4) is 0 Å². The van der Waals surface area contributed by atoms with Crippen LogP contribution >= 0.6 is 11.3 Å². The highest BCUT2D eigenvalue weighted by Gasteiger charge is 2.18. The van der Waals surface area contributed by atoms with Crippen LogP contribution in [0, 0.1) is 0 Å². The van der Waals surface area contributed by atoms with Crippen LogP contribution in [0.15, 0.2) is 30.5 Å². The van der Waals surface area contributed by atoms with Crippen LogP contribution in [0.25, 0.3) is 0 Å². The average molecular weight is 346 g/mol. The summed E-state index contributed by atoms with van der Waals surface area (Å²) in [6.45, 7) is 3.39. The minimum Gasteiger partial charge on any atom is -0.490 e. The molecule has 1 fully saturated rings. The lowest BCUT2D eigenvalue weighted by molar-refractivity contribution is 0.0673. The lowest BCUT2D eigenvalue weighted by Gasteiger charge is -2.14. The zero-order valence-electron chi connectivity index (χ0n) is 13.8. The maximum atomic E-state index is 12.5. The minimum absolute atomic E-state index is 0.122. The van der Waals surface area contributed by atoms with Crippen LogP contribution in [-0.4, -0.2) is 30.2 Å². The molecule has 1 saturated heterocycles. The molecule has 2 aromatic rings. The normalized spacial score (nSPS) is 17.0. The van der Waals surface area contributed by atoms with E-state index in [2.05, 4.69) is 17.2 Å². The van der Waals surface area contributed by atoms with Crippen molar-refractivity contribution >= 4 is 22.4 Å². The van der Waals surface area contributed by atoms with Crippen LogP contribution < -0.4 is 10.1 Å². The zero-order chi connectivity index (χ0) is 16.8. The van der Waals surface area contributed by atoms with Crippen LogP contribution in [0.4, 0.5) is 5.13 Å². The van der Waals surface area contributed by atoms with Gasteiger partial charge in [0, 0.05) is 17.7 Å². The summed E-state index contributed by atoms with van der Waals surface area (Å²) < 4.78 is 11.4. The van der Waals surface area contributed by atoms with Crippen molar-refractivity contribution in [2.45, 2.75) is 38.7 Å². The van der Waals surface area contributed by atoms with Crippen molar-refractivity contribution < 1.29 is 14.3 Å². The number of amides is 1. The van der Waals surface area contributed by atoms with Gasteiger partial charge in [0.15, 0.2) is 5.13 Å². The summed E-state index contributed by atoms with van der Waals surface area (Å²) in [7, 11) is 0. The minimum atomic E-state index is -0.199. The molecule has 1 aliphatic rings. The Morgan fingerprint density at radius 3 is 3.12 bits per heavy atom. The van der Waals surface area contributed by atoms with Gasteiger partial charge >= 0.3 is 0 Å². The first-order chi connectivity index (χ1) is 11.8. The molecule has 1 amide bonds. The number of hydrogen-bond donors (Lipinski definition) is 1. The van der Waals surface area contributed by atoms with E-state index in [1.165, 1.54) is 16.2 Å². The van der Waals surface area contributed by atoms with Crippen molar-refractivity contribution in [2.24, 2.45) is 0 Å². The molecule has 0 radical (unpaired) electrons. The number of aryl methyl sites for hydroxylation is 1. The van der Waals surface area contributed by atoms with Gasteiger partial charge in [-0.1, -0.05) is 25.5 Å². The Bertz CT molecular complexity index is 680. The van der Waals surface area contributed by atoms with Crippen LogP contribution in [0.5, 0.6) is 5.75 Å². The highest BCUT2D eigenvalue weighted by Crippen LogP contribution is 2.24. The third kappa shape index (κ3) is 4.33. The van der Waals surface area contributed by atoms with Crippen molar-refractivity contribution in [1.29, 1.82) is 0 Å². The predicted octanol–water partition coefficient (Wildman–Crippen LogP) is 3.91. The van der Waals surface area contributed by atoms with Crippen molar-refractivity contribution in [3.63, 3.8) is 0 Å². The smallest absolute Gasteiger partial charge is 0.261 e. The molecule has 1 atom stereocenters. The molecule has 6 heteroatoms. The third-order valence-corrected chi connectivity index (χ3v) is 4.82.